The summed E-state index contributed by atoms with van der Waals surface area (Å²) in [7, 11) is 0. The van der Waals surface area contributed by atoms with Gasteiger partial charge in [-0.1, -0.05) is 26.0 Å². The zero-order valence-corrected chi connectivity index (χ0v) is 13.8. The van der Waals surface area contributed by atoms with E-state index in [1.807, 2.05) is 18.2 Å². The van der Waals surface area contributed by atoms with Crippen molar-refractivity contribution >= 4 is 12.4 Å². The summed E-state index contributed by atoms with van der Waals surface area (Å²) in [6, 6.07) is 6.55. The number of likely N-dealkylation sites (tertiary alicyclic amines) is 1. The Kier molecular flexibility index (Phi) is 4.69. The summed E-state index contributed by atoms with van der Waals surface area (Å²) in [4.78, 5) is 2.60. The topological polar surface area (TPSA) is 23.5 Å². The van der Waals surface area contributed by atoms with Crippen LogP contribution < -0.4 is 0 Å². The Labute approximate surface area is 134 Å². The molecule has 0 aromatic heterocycles. The Morgan fingerprint density at radius 1 is 1.43 bits per heavy atom. The van der Waals surface area contributed by atoms with Crippen LogP contribution in [-0.2, 0) is 11.8 Å². The normalized spacial score (nSPS) is 27.1. The van der Waals surface area contributed by atoms with Crippen molar-refractivity contribution in [1.29, 1.82) is 0 Å². The molecule has 1 fully saturated rings. The standard InChI is InChI=1S/C18H25NO.ClH/c1-4-9-19-10-5-6-15-17(19)11-13-7-8-14(20)12-16(13)18(15,2)3;/h4,7-8,12,15,17,20H,1,5-6,9-11H2,2-3H3;1H/t15-,17-;/m1./s1. The maximum atomic E-state index is 9.83. The molecule has 21 heavy (non-hydrogen) atoms. The molecule has 1 aliphatic heterocycles. The minimum absolute atomic E-state index is 0. The van der Waals surface area contributed by atoms with Gasteiger partial charge in [0, 0.05) is 12.6 Å². The highest BCUT2D eigenvalue weighted by Gasteiger charge is 2.45. The number of hydrogen-bond donors (Lipinski definition) is 1. The third kappa shape index (κ3) is 2.72. The van der Waals surface area contributed by atoms with E-state index >= 15 is 0 Å². The summed E-state index contributed by atoms with van der Waals surface area (Å²) in [5.41, 5.74) is 2.89. The van der Waals surface area contributed by atoms with Crippen LogP contribution in [0, 0.1) is 5.92 Å². The first kappa shape index (κ1) is 16.4. The van der Waals surface area contributed by atoms with Gasteiger partial charge in [0.2, 0.25) is 0 Å². The molecule has 1 aromatic carbocycles. The molecule has 0 bridgehead atoms. The van der Waals surface area contributed by atoms with E-state index in [9.17, 15) is 5.11 Å². The molecule has 0 amide bonds. The molecule has 1 heterocycles. The molecule has 116 valence electrons. The summed E-state index contributed by atoms with van der Waals surface area (Å²) in [5, 5.41) is 9.83. The van der Waals surface area contributed by atoms with Gasteiger partial charge in [0.05, 0.1) is 0 Å². The van der Waals surface area contributed by atoms with Crippen molar-refractivity contribution in [3.05, 3.63) is 42.0 Å². The minimum Gasteiger partial charge on any atom is -0.508 e. The second kappa shape index (κ2) is 6.02. The fourth-order valence-electron chi connectivity index (χ4n) is 4.40. The van der Waals surface area contributed by atoms with Gasteiger partial charge < -0.3 is 5.11 Å². The number of piperidine rings is 1. The molecule has 1 saturated heterocycles. The van der Waals surface area contributed by atoms with Gasteiger partial charge in [0.1, 0.15) is 5.75 Å². The van der Waals surface area contributed by atoms with E-state index in [4.69, 9.17) is 0 Å². The molecule has 2 nitrogen and oxygen atoms in total. The lowest BCUT2D eigenvalue weighted by Crippen LogP contribution is -2.55. The Hall–Kier alpha value is -0.990. The van der Waals surface area contributed by atoms with E-state index in [0.29, 0.717) is 17.7 Å². The average Bonchev–Trinajstić information content (AvgIpc) is 2.41. The molecule has 1 aromatic rings. The number of fused-ring (bicyclic) bond motifs is 2. The smallest absolute Gasteiger partial charge is 0.115 e. The minimum atomic E-state index is 0. The molecule has 0 unspecified atom stereocenters. The fraction of sp³-hybridized carbons (Fsp3) is 0.556. The number of nitrogens with zero attached hydrogens (tertiary/aromatic N) is 1. The van der Waals surface area contributed by atoms with E-state index in [1.165, 1.54) is 30.5 Å². The summed E-state index contributed by atoms with van der Waals surface area (Å²) < 4.78 is 0. The maximum Gasteiger partial charge on any atom is 0.115 e. The Balaban J connectivity index is 0.00000161. The highest BCUT2D eigenvalue weighted by molar-refractivity contribution is 5.85. The predicted molar refractivity (Wildman–Crippen MR) is 90.4 cm³/mol. The SMILES string of the molecule is C=CCN1CCC[C@@H]2[C@H]1Cc1ccc(O)cc1C2(C)C.Cl. The highest BCUT2D eigenvalue weighted by atomic mass is 35.5. The zero-order valence-electron chi connectivity index (χ0n) is 13.0. The lowest BCUT2D eigenvalue weighted by Gasteiger charge is -2.52. The predicted octanol–water partition coefficient (Wildman–Crippen LogP) is 3.91. The maximum absolute atomic E-state index is 9.83. The first-order chi connectivity index (χ1) is 9.54. The second-order valence-electron chi connectivity index (χ2n) is 6.87. The van der Waals surface area contributed by atoms with Crippen LogP contribution in [0.5, 0.6) is 5.75 Å². The quantitative estimate of drug-likeness (QED) is 0.837. The molecule has 0 saturated carbocycles. The Morgan fingerprint density at radius 2 is 2.19 bits per heavy atom. The number of phenolic OH excluding ortho intramolecular Hbond substituents is 1. The summed E-state index contributed by atoms with van der Waals surface area (Å²) >= 11 is 0. The fourth-order valence-corrected chi connectivity index (χ4v) is 4.40. The summed E-state index contributed by atoms with van der Waals surface area (Å²) in [5.74, 6) is 1.07. The van der Waals surface area contributed by atoms with Crippen molar-refractivity contribution < 1.29 is 5.11 Å². The number of rotatable bonds is 2. The van der Waals surface area contributed by atoms with Crippen molar-refractivity contribution in [3.63, 3.8) is 0 Å². The van der Waals surface area contributed by atoms with E-state index in [1.54, 1.807) is 0 Å². The van der Waals surface area contributed by atoms with Gasteiger partial charge in [-0.15, -0.1) is 19.0 Å². The van der Waals surface area contributed by atoms with Crippen molar-refractivity contribution in [2.24, 2.45) is 5.92 Å². The van der Waals surface area contributed by atoms with Crippen LogP contribution in [0.3, 0.4) is 0 Å². The van der Waals surface area contributed by atoms with Crippen LogP contribution in [0.15, 0.2) is 30.9 Å². The van der Waals surface area contributed by atoms with Crippen molar-refractivity contribution in [3.8, 4) is 5.75 Å². The highest BCUT2D eigenvalue weighted by Crippen LogP contribution is 2.47. The molecule has 0 radical (unpaired) electrons. The molecular weight excluding hydrogens is 282 g/mol. The molecule has 2 atom stereocenters. The Morgan fingerprint density at radius 3 is 2.90 bits per heavy atom. The molecule has 0 spiro atoms. The molecule has 3 heteroatoms. The number of benzene rings is 1. The number of halogens is 1. The number of hydrogen-bond acceptors (Lipinski definition) is 2. The first-order valence-electron chi connectivity index (χ1n) is 7.71. The van der Waals surface area contributed by atoms with Gasteiger partial charge >= 0.3 is 0 Å². The zero-order chi connectivity index (χ0) is 14.3. The van der Waals surface area contributed by atoms with Gasteiger partial charge in [-0.25, -0.2) is 0 Å². The van der Waals surface area contributed by atoms with Gasteiger partial charge in [-0.2, -0.15) is 0 Å². The van der Waals surface area contributed by atoms with Crippen LogP contribution in [0.4, 0.5) is 0 Å². The van der Waals surface area contributed by atoms with Gasteiger partial charge in [0.25, 0.3) is 0 Å². The van der Waals surface area contributed by atoms with Crippen molar-refractivity contribution in [1.82, 2.24) is 4.90 Å². The van der Waals surface area contributed by atoms with E-state index < -0.39 is 0 Å². The van der Waals surface area contributed by atoms with Crippen LogP contribution in [0.25, 0.3) is 0 Å². The van der Waals surface area contributed by atoms with Gasteiger partial charge in [-0.05, 0) is 60.4 Å². The molecule has 3 rings (SSSR count). The number of phenols is 1. The van der Waals surface area contributed by atoms with Crippen LogP contribution >= 0.6 is 12.4 Å². The molecule has 2 aliphatic rings. The van der Waals surface area contributed by atoms with Gasteiger partial charge in [0.15, 0.2) is 0 Å². The third-order valence-electron chi connectivity index (χ3n) is 5.40. The molecular formula is C18H26ClNO. The monoisotopic (exact) mass is 307 g/mol. The van der Waals surface area contributed by atoms with Crippen LogP contribution in [-0.4, -0.2) is 29.1 Å². The van der Waals surface area contributed by atoms with Gasteiger partial charge in [-0.3, -0.25) is 4.90 Å². The second-order valence-corrected chi connectivity index (χ2v) is 6.87. The molecule has 1 N–H and O–H groups in total. The number of aromatic hydroxyl groups is 1. The molecule has 1 aliphatic carbocycles. The first-order valence-corrected chi connectivity index (χ1v) is 7.71. The largest absolute Gasteiger partial charge is 0.508 e. The van der Waals surface area contributed by atoms with Crippen LogP contribution in [0.2, 0.25) is 0 Å². The van der Waals surface area contributed by atoms with Crippen LogP contribution in [0.1, 0.15) is 37.8 Å². The lowest BCUT2D eigenvalue weighted by atomic mass is 9.60. The summed E-state index contributed by atoms with van der Waals surface area (Å²) in [6.45, 7) is 10.8. The average molecular weight is 308 g/mol. The van der Waals surface area contributed by atoms with E-state index in [-0.39, 0.29) is 17.8 Å². The third-order valence-corrected chi connectivity index (χ3v) is 5.40. The van der Waals surface area contributed by atoms with Crippen molar-refractivity contribution in [2.75, 3.05) is 13.1 Å². The van der Waals surface area contributed by atoms with E-state index in [2.05, 4.69) is 31.4 Å². The van der Waals surface area contributed by atoms with E-state index in [0.717, 1.165) is 13.0 Å². The summed E-state index contributed by atoms with van der Waals surface area (Å²) in [6.07, 6.45) is 5.70. The lowest BCUT2D eigenvalue weighted by molar-refractivity contribution is 0.0528. The Bertz CT molecular complexity index is 526. The van der Waals surface area contributed by atoms with Crippen molar-refractivity contribution in [2.45, 2.75) is 44.6 Å².